The van der Waals surface area contributed by atoms with Crippen molar-refractivity contribution in [1.82, 2.24) is 0 Å². The number of benzene rings is 2. The second-order valence-electron chi connectivity index (χ2n) is 6.43. The standard InChI is InChI=1S/C18H16ClF3N2O3S/c1-28(26,27)24-8-2-3-11-9-12(4-7-16(11)24)17(25)23-15-10-13(18(20,21)22)5-6-14(15)19/h4-7,9-10H,2-3,8H2,1H3,(H,23,25). The molecule has 10 heteroatoms. The van der Waals surface area contributed by atoms with Gasteiger partial charge in [0.2, 0.25) is 10.0 Å². The lowest BCUT2D eigenvalue weighted by atomic mass is 10.0. The molecule has 28 heavy (non-hydrogen) atoms. The number of hydrogen-bond donors (Lipinski definition) is 1. The zero-order valence-electron chi connectivity index (χ0n) is 14.7. The number of carbonyl (C=O) groups excluding carboxylic acids is 1. The molecule has 0 atom stereocenters. The molecule has 1 heterocycles. The predicted molar refractivity (Wildman–Crippen MR) is 101 cm³/mol. The van der Waals surface area contributed by atoms with Crippen molar-refractivity contribution < 1.29 is 26.4 Å². The fraction of sp³-hybridized carbons (Fsp3) is 0.278. The number of amides is 1. The summed E-state index contributed by atoms with van der Waals surface area (Å²) >= 11 is 5.91. The molecule has 150 valence electrons. The first-order valence-electron chi connectivity index (χ1n) is 8.25. The summed E-state index contributed by atoms with van der Waals surface area (Å²) in [6.07, 6.45) is -2.26. The lowest BCUT2D eigenvalue weighted by Crippen LogP contribution is -2.34. The van der Waals surface area contributed by atoms with E-state index in [1.54, 1.807) is 6.07 Å². The molecule has 0 spiro atoms. The zero-order chi connectivity index (χ0) is 20.7. The molecule has 0 fully saturated rings. The summed E-state index contributed by atoms with van der Waals surface area (Å²) in [7, 11) is -3.44. The molecule has 5 nitrogen and oxygen atoms in total. The molecule has 1 aliphatic heterocycles. The van der Waals surface area contributed by atoms with Gasteiger partial charge in [-0.05, 0) is 54.8 Å². The molecule has 2 aromatic carbocycles. The van der Waals surface area contributed by atoms with E-state index in [1.165, 1.54) is 16.4 Å². The number of carbonyl (C=O) groups is 1. The van der Waals surface area contributed by atoms with Crippen molar-refractivity contribution >= 4 is 38.9 Å². The van der Waals surface area contributed by atoms with E-state index in [4.69, 9.17) is 11.6 Å². The summed E-state index contributed by atoms with van der Waals surface area (Å²) in [5.74, 6) is -0.638. The zero-order valence-corrected chi connectivity index (χ0v) is 16.2. The van der Waals surface area contributed by atoms with Gasteiger partial charge in [-0.25, -0.2) is 8.42 Å². The molecule has 0 unspecified atom stereocenters. The van der Waals surface area contributed by atoms with Gasteiger partial charge in [0.1, 0.15) is 0 Å². The first kappa shape index (κ1) is 20.5. The van der Waals surface area contributed by atoms with Crippen LogP contribution in [0.4, 0.5) is 24.5 Å². The Kier molecular flexibility index (Phi) is 5.33. The number of alkyl halides is 3. The minimum atomic E-state index is -4.56. The van der Waals surface area contributed by atoms with E-state index in [-0.39, 0.29) is 16.3 Å². The summed E-state index contributed by atoms with van der Waals surface area (Å²) in [6, 6.07) is 7.17. The highest BCUT2D eigenvalue weighted by Gasteiger charge is 2.31. The third kappa shape index (κ3) is 4.25. The maximum Gasteiger partial charge on any atom is 0.416 e. The number of aryl methyl sites for hydroxylation is 1. The number of nitrogens with zero attached hydrogens (tertiary/aromatic N) is 1. The van der Waals surface area contributed by atoms with Crippen LogP contribution in [-0.4, -0.2) is 27.1 Å². The monoisotopic (exact) mass is 432 g/mol. The van der Waals surface area contributed by atoms with Crippen molar-refractivity contribution in [3.63, 3.8) is 0 Å². The summed E-state index contributed by atoms with van der Waals surface area (Å²) in [5, 5.41) is 2.36. The van der Waals surface area contributed by atoms with Gasteiger partial charge in [0.25, 0.3) is 5.91 Å². The van der Waals surface area contributed by atoms with Crippen molar-refractivity contribution in [2.24, 2.45) is 0 Å². The Balaban J connectivity index is 1.89. The Morgan fingerprint density at radius 2 is 1.89 bits per heavy atom. The normalized spacial score (nSPS) is 14.5. The highest BCUT2D eigenvalue weighted by molar-refractivity contribution is 7.92. The molecule has 0 saturated heterocycles. The molecule has 0 bridgehead atoms. The summed E-state index contributed by atoms with van der Waals surface area (Å²) in [4.78, 5) is 12.5. The average molecular weight is 433 g/mol. The van der Waals surface area contributed by atoms with Gasteiger partial charge in [-0.2, -0.15) is 13.2 Å². The Hall–Kier alpha value is -2.26. The van der Waals surface area contributed by atoms with Crippen molar-refractivity contribution in [2.75, 3.05) is 22.4 Å². The summed E-state index contributed by atoms with van der Waals surface area (Å²) in [5.41, 5.74) is 0.294. The molecule has 0 aliphatic carbocycles. The van der Waals surface area contributed by atoms with Crippen LogP contribution in [0.5, 0.6) is 0 Å². The van der Waals surface area contributed by atoms with Crippen LogP contribution >= 0.6 is 11.6 Å². The van der Waals surface area contributed by atoms with Gasteiger partial charge < -0.3 is 5.32 Å². The second kappa shape index (κ2) is 7.29. The molecular formula is C18H16ClF3N2O3S. The van der Waals surface area contributed by atoms with Crippen LogP contribution in [-0.2, 0) is 22.6 Å². The first-order chi connectivity index (χ1) is 13.0. The van der Waals surface area contributed by atoms with Crippen LogP contribution in [0.2, 0.25) is 5.02 Å². The van der Waals surface area contributed by atoms with E-state index >= 15 is 0 Å². The highest BCUT2D eigenvalue weighted by atomic mass is 35.5. The van der Waals surface area contributed by atoms with E-state index in [2.05, 4.69) is 5.32 Å². The third-order valence-corrected chi connectivity index (χ3v) is 5.87. The Morgan fingerprint density at radius 1 is 1.18 bits per heavy atom. The third-order valence-electron chi connectivity index (χ3n) is 4.36. The lowest BCUT2D eigenvalue weighted by Gasteiger charge is -2.29. The van der Waals surface area contributed by atoms with Crippen molar-refractivity contribution in [3.8, 4) is 0 Å². The van der Waals surface area contributed by atoms with Crippen LogP contribution in [0.25, 0.3) is 0 Å². The van der Waals surface area contributed by atoms with Crippen LogP contribution in [0, 0.1) is 0 Å². The minimum absolute atomic E-state index is 0.0254. The van der Waals surface area contributed by atoms with Gasteiger partial charge in [0.15, 0.2) is 0 Å². The van der Waals surface area contributed by atoms with Crippen LogP contribution in [0.15, 0.2) is 36.4 Å². The summed E-state index contributed by atoms with van der Waals surface area (Å²) < 4.78 is 63.7. The van der Waals surface area contributed by atoms with Gasteiger partial charge in [0.05, 0.1) is 28.2 Å². The average Bonchev–Trinajstić information content (AvgIpc) is 2.60. The van der Waals surface area contributed by atoms with Crippen LogP contribution in [0.1, 0.15) is 27.9 Å². The molecule has 0 saturated carbocycles. The fourth-order valence-corrected chi connectivity index (χ4v) is 4.20. The minimum Gasteiger partial charge on any atom is -0.321 e. The van der Waals surface area contributed by atoms with Crippen LogP contribution in [0.3, 0.4) is 0 Å². The van der Waals surface area contributed by atoms with Crippen molar-refractivity contribution in [2.45, 2.75) is 19.0 Å². The maximum atomic E-state index is 12.9. The number of fused-ring (bicyclic) bond motifs is 1. The molecule has 1 amide bonds. The highest BCUT2D eigenvalue weighted by Crippen LogP contribution is 2.34. The van der Waals surface area contributed by atoms with E-state index in [1.807, 2.05) is 0 Å². The van der Waals surface area contributed by atoms with Gasteiger partial charge in [-0.1, -0.05) is 11.6 Å². The number of rotatable bonds is 3. The number of halogens is 4. The second-order valence-corrected chi connectivity index (χ2v) is 8.74. The largest absolute Gasteiger partial charge is 0.416 e. The molecule has 1 aliphatic rings. The van der Waals surface area contributed by atoms with Gasteiger partial charge in [0, 0.05) is 12.1 Å². The SMILES string of the molecule is CS(=O)(=O)N1CCCc2cc(C(=O)Nc3cc(C(F)(F)F)ccc3Cl)ccc21. The maximum absolute atomic E-state index is 12.9. The number of anilines is 2. The molecule has 0 aromatic heterocycles. The van der Waals surface area contributed by atoms with Gasteiger partial charge >= 0.3 is 6.18 Å². The smallest absolute Gasteiger partial charge is 0.321 e. The van der Waals surface area contributed by atoms with E-state index < -0.39 is 27.7 Å². The molecule has 3 rings (SSSR count). The van der Waals surface area contributed by atoms with Crippen LogP contribution < -0.4 is 9.62 Å². The summed E-state index contributed by atoms with van der Waals surface area (Å²) in [6.45, 7) is 0.358. The van der Waals surface area contributed by atoms with E-state index in [0.717, 1.165) is 24.5 Å². The Morgan fingerprint density at radius 3 is 2.54 bits per heavy atom. The molecule has 2 aromatic rings. The number of sulfonamides is 1. The molecule has 1 N–H and O–H groups in total. The number of nitrogens with one attached hydrogen (secondary N) is 1. The Bertz CT molecular complexity index is 1040. The Labute approximate surface area is 165 Å². The lowest BCUT2D eigenvalue weighted by molar-refractivity contribution is -0.137. The molecule has 0 radical (unpaired) electrons. The van der Waals surface area contributed by atoms with E-state index in [0.29, 0.717) is 30.6 Å². The molecular weight excluding hydrogens is 417 g/mol. The predicted octanol–water partition coefficient (Wildman–Crippen LogP) is 4.32. The van der Waals surface area contributed by atoms with Gasteiger partial charge in [-0.15, -0.1) is 0 Å². The topological polar surface area (TPSA) is 66.5 Å². The quantitative estimate of drug-likeness (QED) is 0.785. The number of hydrogen-bond acceptors (Lipinski definition) is 3. The fourth-order valence-electron chi connectivity index (χ4n) is 3.04. The first-order valence-corrected chi connectivity index (χ1v) is 10.5. The van der Waals surface area contributed by atoms with Crippen molar-refractivity contribution in [3.05, 3.63) is 58.1 Å². The van der Waals surface area contributed by atoms with Gasteiger partial charge in [-0.3, -0.25) is 9.10 Å². The van der Waals surface area contributed by atoms with Crippen molar-refractivity contribution in [1.29, 1.82) is 0 Å². The van der Waals surface area contributed by atoms with E-state index in [9.17, 15) is 26.4 Å².